The third-order valence-electron chi connectivity index (χ3n) is 3.81. The van der Waals surface area contributed by atoms with Gasteiger partial charge in [0.15, 0.2) is 6.10 Å². The Morgan fingerprint density at radius 2 is 1.39 bits per heavy atom. The number of hydrogen-bond donors (Lipinski definition) is 0. The van der Waals surface area contributed by atoms with Gasteiger partial charge in [0.2, 0.25) is 0 Å². The average molecular weight is 412 g/mol. The van der Waals surface area contributed by atoms with Crippen LogP contribution in [0.5, 0.6) is 11.5 Å². The minimum Gasteiger partial charge on any atom is -0.425 e. The summed E-state index contributed by atoms with van der Waals surface area (Å²) in [5.41, 5.74) is -5.63. The molecule has 2 unspecified atom stereocenters. The second kappa shape index (κ2) is 8.41. The Kier molecular flexibility index (Phi) is 6.63. The van der Waals surface area contributed by atoms with Crippen molar-refractivity contribution in [3.63, 3.8) is 0 Å². The Morgan fingerprint density at radius 1 is 0.929 bits per heavy atom. The van der Waals surface area contributed by atoms with Crippen molar-refractivity contribution < 1.29 is 31.9 Å². The summed E-state index contributed by atoms with van der Waals surface area (Å²) < 4.78 is 58.6. The first kappa shape index (κ1) is 22.1. The largest absolute Gasteiger partial charge is 0.449 e. The maximum Gasteiger partial charge on any atom is 0.449 e. The van der Waals surface area contributed by atoms with Crippen LogP contribution >= 0.6 is 7.60 Å². The number of benzene rings is 2. The third-order valence-corrected chi connectivity index (χ3v) is 6.21. The Balaban J connectivity index is 2.28. The number of alkyl halides is 2. The second-order valence-corrected chi connectivity index (χ2v) is 9.12. The number of hydrogen-bond acceptors (Lipinski definition) is 5. The Hall–Kier alpha value is -2.24. The van der Waals surface area contributed by atoms with E-state index in [0.29, 0.717) is 0 Å². The number of rotatable bonds is 7. The van der Waals surface area contributed by atoms with Crippen molar-refractivity contribution in [2.75, 3.05) is 0 Å². The predicted molar refractivity (Wildman–Crippen MR) is 102 cm³/mol. The molecule has 0 radical (unpaired) electrons. The normalized spacial score (nSPS) is 15.4. The molecule has 0 heterocycles. The molecule has 0 aliphatic rings. The first-order valence-electron chi connectivity index (χ1n) is 8.64. The van der Waals surface area contributed by atoms with Crippen LogP contribution in [0.25, 0.3) is 0 Å². The van der Waals surface area contributed by atoms with E-state index in [9.17, 15) is 9.36 Å². The first-order valence-corrected chi connectivity index (χ1v) is 10.2. The Bertz CT molecular complexity index is 835. The molecule has 152 valence electrons. The van der Waals surface area contributed by atoms with Crippen molar-refractivity contribution >= 4 is 13.6 Å². The van der Waals surface area contributed by atoms with Gasteiger partial charge in [-0.1, -0.05) is 57.2 Å². The van der Waals surface area contributed by atoms with E-state index in [1.54, 1.807) is 36.4 Å². The van der Waals surface area contributed by atoms with E-state index in [0.717, 1.165) is 0 Å². The maximum atomic E-state index is 15.1. The Morgan fingerprint density at radius 3 is 1.86 bits per heavy atom. The number of halogens is 2. The van der Waals surface area contributed by atoms with E-state index in [1.807, 2.05) is 0 Å². The number of para-hydroxylation sites is 2. The molecule has 2 aromatic rings. The quantitative estimate of drug-likeness (QED) is 0.322. The standard InChI is InChI=1S/C20H23F2O5P/c1-15(18(23)25-16-11-7-5-8-12-16)26-28(24,20(21,22)19(2,3)4)27-17-13-9-6-10-14-17/h5-15H,1-4H3. The number of ether oxygens (including phenoxy) is 1. The fourth-order valence-corrected chi connectivity index (χ4v) is 4.13. The van der Waals surface area contributed by atoms with Crippen LogP contribution in [0.1, 0.15) is 27.7 Å². The van der Waals surface area contributed by atoms with Crippen molar-refractivity contribution in [2.24, 2.45) is 5.41 Å². The number of esters is 1. The minimum absolute atomic E-state index is 0.0571. The second-order valence-electron chi connectivity index (χ2n) is 7.17. The van der Waals surface area contributed by atoms with Gasteiger partial charge in [-0.15, -0.1) is 0 Å². The van der Waals surface area contributed by atoms with Gasteiger partial charge in [-0.05, 0) is 31.2 Å². The molecule has 0 amide bonds. The lowest BCUT2D eigenvalue weighted by Crippen LogP contribution is -2.38. The zero-order chi connectivity index (χ0) is 21.0. The van der Waals surface area contributed by atoms with Crippen molar-refractivity contribution in [3.05, 3.63) is 60.7 Å². The molecule has 8 heteroatoms. The van der Waals surface area contributed by atoms with Crippen LogP contribution in [0.2, 0.25) is 0 Å². The first-order chi connectivity index (χ1) is 13.0. The van der Waals surface area contributed by atoms with Crippen LogP contribution in [0.15, 0.2) is 60.7 Å². The molecule has 0 spiro atoms. The van der Waals surface area contributed by atoms with E-state index in [-0.39, 0.29) is 11.5 Å². The molecule has 0 fully saturated rings. The van der Waals surface area contributed by atoms with Crippen LogP contribution in [-0.4, -0.2) is 17.7 Å². The number of carbonyl (C=O) groups is 1. The van der Waals surface area contributed by atoms with Crippen molar-refractivity contribution in [1.82, 2.24) is 0 Å². The lowest BCUT2D eigenvalue weighted by molar-refractivity contribution is -0.142. The highest BCUT2D eigenvalue weighted by Gasteiger charge is 2.63. The van der Waals surface area contributed by atoms with Gasteiger partial charge in [-0.3, -0.25) is 4.52 Å². The summed E-state index contributed by atoms with van der Waals surface area (Å²) in [7, 11) is -5.11. The van der Waals surface area contributed by atoms with Crippen LogP contribution in [0, 0.1) is 5.41 Å². The van der Waals surface area contributed by atoms with E-state index >= 15 is 8.78 Å². The SMILES string of the molecule is CC(OP(=O)(Oc1ccccc1)C(F)(F)C(C)(C)C)C(=O)Oc1ccccc1. The lowest BCUT2D eigenvalue weighted by Gasteiger charge is -2.35. The zero-order valence-corrected chi connectivity index (χ0v) is 17.0. The molecule has 2 aromatic carbocycles. The molecule has 0 aromatic heterocycles. The lowest BCUT2D eigenvalue weighted by atomic mass is 9.97. The van der Waals surface area contributed by atoms with Crippen LogP contribution in [0.3, 0.4) is 0 Å². The van der Waals surface area contributed by atoms with E-state index in [2.05, 4.69) is 0 Å². The third kappa shape index (κ3) is 4.97. The molecule has 0 aliphatic heterocycles. The monoisotopic (exact) mass is 412 g/mol. The smallest absolute Gasteiger partial charge is 0.425 e. The van der Waals surface area contributed by atoms with E-state index in [4.69, 9.17) is 13.8 Å². The molecule has 0 saturated heterocycles. The molecular formula is C20H23F2O5P. The molecule has 5 nitrogen and oxygen atoms in total. The van der Waals surface area contributed by atoms with Gasteiger partial charge in [0.1, 0.15) is 11.5 Å². The van der Waals surface area contributed by atoms with Gasteiger partial charge in [-0.2, -0.15) is 8.78 Å². The van der Waals surface area contributed by atoms with Gasteiger partial charge in [0.05, 0.1) is 0 Å². The summed E-state index contributed by atoms with van der Waals surface area (Å²) in [6.07, 6.45) is -1.55. The highest BCUT2D eigenvalue weighted by Crippen LogP contribution is 2.67. The van der Waals surface area contributed by atoms with Crippen LogP contribution in [-0.2, 0) is 13.9 Å². The van der Waals surface area contributed by atoms with Crippen LogP contribution in [0.4, 0.5) is 8.78 Å². The summed E-state index contributed by atoms with van der Waals surface area (Å²) in [6.45, 7) is 4.82. The summed E-state index contributed by atoms with van der Waals surface area (Å²) >= 11 is 0. The fraction of sp³-hybridized carbons (Fsp3) is 0.350. The molecule has 2 atom stereocenters. The molecular weight excluding hydrogens is 389 g/mol. The van der Waals surface area contributed by atoms with Gasteiger partial charge in [-0.25, -0.2) is 9.36 Å². The summed E-state index contributed by atoms with van der Waals surface area (Å²) in [6, 6.07) is 15.6. The fourth-order valence-electron chi connectivity index (χ4n) is 2.11. The zero-order valence-electron chi connectivity index (χ0n) is 16.1. The highest BCUT2D eigenvalue weighted by atomic mass is 31.2. The van der Waals surface area contributed by atoms with E-state index in [1.165, 1.54) is 52.0 Å². The molecule has 28 heavy (non-hydrogen) atoms. The van der Waals surface area contributed by atoms with Gasteiger partial charge < -0.3 is 9.26 Å². The van der Waals surface area contributed by atoms with Gasteiger partial charge in [0, 0.05) is 5.41 Å². The number of carbonyl (C=O) groups excluding carboxylic acids is 1. The average Bonchev–Trinajstić information content (AvgIpc) is 2.62. The molecule has 2 rings (SSSR count). The molecule has 0 bridgehead atoms. The molecule has 0 N–H and O–H groups in total. The van der Waals surface area contributed by atoms with Gasteiger partial charge >= 0.3 is 19.2 Å². The van der Waals surface area contributed by atoms with Crippen LogP contribution < -0.4 is 9.26 Å². The Labute approximate surface area is 163 Å². The minimum atomic E-state index is -5.11. The van der Waals surface area contributed by atoms with Crippen molar-refractivity contribution in [1.29, 1.82) is 0 Å². The maximum absolute atomic E-state index is 15.1. The topological polar surface area (TPSA) is 61.8 Å². The highest BCUT2D eigenvalue weighted by molar-refractivity contribution is 7.55. The van der Waals surface area contributed by atoms with E-state index < -0.39 is 30.7 Å². The van der Waals surface area contributed by atoms with Crippen molar-refractivity contribution in [3.8, 4) is 11.5 Å². The summed E-state index contributed by atoms with van der Waals surface area (Å²) in [5.74, 6) is -0.810. The van der Waals surface area contributed by atoms with Crippen molar-refractivity contribution in [2.45, 2.75) is 39.5 Å². The predicted octanol–water partition coefficient (Wildman–Crippen LogP) is 5.91. The van der Waals surface area contributed by atoms with Gasteiger partial charge in [0.25, 0.3) is 0 Å². The molecule has 0 saturated carbocycles. The summed E-state index contributed by atoms with van der Waals surface area (Å²) in [4.78, 5) is 12.3. The molecule has 0 aliphatic carbocycles. The summed E-state index contributed by atoms with van der Waals surface area (Å²) in [5, 5.41) is 0.